The largest absolute Gasteiger partial charge is 0.490 e. The first-order valence-electron chi connectivity index (χ1n) is 10.8. The van der Waals surface area contributed by atoms with Crippen LogP contribution >= 0.6 is 23.4 Å². The van der Waals surface area contributed by atoms with Crippen molar-refractivity contribution >= 4 is 46.6 Å². The SMILES string of the molecule is CCOc1cc(/C=C2/SC(=O)N(CC(=O)OCC(C)C)C2=O)ccc1OCc1ccccc1Cl. The molecule has 1 fully saturated rings. The van der Waals surface area contributed by atoms with Crippen LogP contribution in [0.5, 0.6) is 11.5 Å². The molecule has 0 atom stereocenters. The Balaban J connectivity index is 1.72. The van der Waals surface area contributed by atoms with Gasteiger partial charge in [0.05, 0.1) is 18.1 Å². The van der Waals surface area contributed by atoms with Crippen molar-refractivity contribution in [3.8, 4) is 11.5 Å². The minimum Gasteiger partial charge on any atom is -0.490 e. The summed E-state index contributed by atoms with van der Waals surface area (Å²) in [6.45, 7) is 6.17. The molecule has 2 amide bonds. The van der Waals surface area contributed by atoms with E-state index in [0.717, 1.165) is 22.2 Å². The summed E-state index contributed by atoms with van der Waals surface area (Å²) in [5.74, 6) is 0.0408. The van der Waals surface area contributed by atoms with E-state index in [-0.39, 0.29) is 24.0 Å². The van der Waals surface area contributed by atoms with E-state index in [1.54, 1.807) is 30.3 Å². The zero-order valence-corrected chi connectivity index (χ0v) is 20.8. The van der Waals surface area contributed by atoms with E-state index in [2.05, 4.69) is 0 Å². The van der Waals surface area contributed by atoms with E-state index < -0.39 is 23.7 Å². The highest BCUT2D eigenvalue weighted by Crippen LogP contribution is 2.35. The van der Waals surface area contributed by atoms with Crippen molar-refractivity contribution in [1.82, 2.24) is 4.90 Å². The molecule has 0 aliphatic carbocycles. The first-order valence-corrected chi connectivity index (χ1v) is 12.0. The Bertz CT molecular complexity index is 1100. The molecule has 1 aliphatic rings. The van der Waals surface area contributed by atoms with E-state index in [1.807, 2.05) is 39.0 Å². The first-order chi connectivity index (χ1) is 16.3. The van der Waals surface area contributed by atoms with Gasteiger partial charge in [-0.2, -0.15) is 0 Å². The molecule has 3 rings (SSSR count). The number of hydrogen-bond acceptors (Lipinski definition) is 7. The number of ether oxygens (including phenoxy) is 3. The van der Waals surface area contributed by atoms with Crippen molar-refractivity contribution in [2.45, 2.75) is 27.4 Å². The van der Waals surface area contributed by atoms with Crippen molar-refractivity contribution in [3.05, 3.63) is 63.5 Å². The van der Waals surface area contributed by atoms with Crippen LogP contribution in [0, 0.1) is 5.92 Å². The van der Waals surface area contributed by atoms with Crippen LogP contribution in [0.15, 0.2) is 47.4 Å². The van der Waals surface area contributed by atoms with E-state index in [0.29, 0.717) is 28.7 Å². The molecule has 2 aromatic rings. The maximum Gasteiger partial charge on any atom is 0.326 e. The fraction of sp³-hybridized carbons (Fsp3) is 0.320. The van der Waals surface area contributed by atoms with Gasteiger partial charge in [-0.15, -0.1) is 0 Å². The minimum atomic E-state index is -0.615. The molecule has 0 saturated carbocycles. The highest BCUT2D eigenvalue weighted by Gasteiger charge is 2.36. The van der Waals surface area contributed by atoms with E-state index in [9.17, 15) is 14.4 Å². The standard InChI is InChI=1S/C25H26ClNO6S/c1-4-31-21-11-17(9-10-20(21)32-15-18-7-5-6-8-19(18)26)12-22-24(29)27(25(30)34-22)13-23(28)33-14-16(2)3/h5-12,16H,4,13-15H2,1-3H3/b22-12+. The van der Waals surface area contributed by atoms with Crippen molar-refractivity contribution in [3.63, 3.8) is 0 Å². The second-order valence-corrected chi connectivity index (χ2v) is 9.26. The van der Waals surface area contributed by atoms with Gasteiger partial charge in [0.1, 0.15) is 13.2 Å². The third-order valence-electron chi connectivity index (χ3n) is 4.64. The molecule has 0 N–H and O–H groups in total. The Morgan fingerprint density at radius 2 is 1.88 bits per heavy atom. The molecule has 180 valence electrons. The summed E-state index contributed by atoms with van der Waals surface area (Å²) >= 11 is 6.98. The average Bonchev–Trinajstić information content (AvgIpc) is 3.05. The van der Waals surface area contributed by atoms with Crippen LogP contribution in [-0.4, -0.2) is 41.8 Å². The summed E-state index contributed by atoms with van der Waals surface area (Å²) in [5.41, 5.74) is 1.50. The molecular formula is C25H26ClNO6S. The normalized spacial score (nSPS) is 14.7. The first kappa shape index (κ1) is 25.6. The third-order valence-corrected chi connectivity index (χ3v) is 5.92. The lowest BCUT2D eigenvalue weighted by Crippen LogP contribution is -2.34. The van der Waals surface area contributed by atoms with E-state index >= 15 is 0 Å². The number of rotatable bonds is 10. The zero-order chi connectivity index (χ0) is 24.7. The summed E-state index contributed by atoms with van der Waals surface area (Å²) in [6.07, 6.45) is 1.59. The second kappa shape index (κ2) is 11.9. The highest BCUT2D eigenvalue weighted by atomic mass is 35.5. The van der Waals surface area contributed by atoms with Gasteiger partial charge in [-0.05, 0) is 54.4 Å². The smallest absolute Gasteiger partial charge is 0.326 e. The van der Waals surface area contributed by atoms with Gasteiger partial charge in [0.15, 0.2) is 11.5 Å². The summed E-state index contributed by atoms with van der Waals surface area (Å²) in [7, 11) is 0. The average molecular weight is 504 g/mol. The summed E-state index contributed by atoms with van der Waals surface area (Å²) in [5, 5.41) is 0.100. The predicted octanol–water partition coefficient (Wildman–Crippen LogP) is 5.55. The predicted molar refractivity (Wildman–Crippen MR) is 132 cm³/mol. The number of hydrogen-bond donors (Lipinski definition) is 0. The summed E-state index contributed by atoms with van der Waals surface area (Å²) in [4.78, 5) is 38.1. The molecule has 1 aliphatic heterocycles. The van der Waals surface area contributed by atoms with Crippen LogP contribution in [0.2, 0.25) is 5.02 Å². The number of esters is 1. The molecule has 34 heavy (non-hydrogen) atoms. The van der Waals surface area contributed by atoms with Crippen molar-refractivity contribution < 1.29 is 28.6 Å². The number of amides is 2. The molecule has 0 radical (unpaired) electrons. The number of halogens is 1. The number of thioether (sulfide) groups is 1. The van der Waals surface area contributed by atoms with Gasteiger partial charge in [-0.1, -0.05) is 49.7 Å². The van der Waals surface area contributed by atoms with Crippen LogP contribution < -0.4 is 9.47 Å². The van der Waals surface area contributed by atoms with Crippen LogP contribution in [0.1, 0.15) is 31.9 Å². The molecule has 1 heterocycles. The number of benzene rings is 2. The maximum atomic E-state index is 12.7. The maximum absolute atomic E-state index is 12.7. The van der Waals surface area contributed by atoms with Crippen molar-refractivity contribution in [2.75, 3.05) is 19.8 Å². The van der Waals surface area contributed by atoms with Crippen LogP contribution in [-0.2, 0) is 20.9 Å². The Kier molecular flexibility index (Phi) is 9.01. The summed E-state index contributed by atoms with van der Waals surface area (Å²) in [6, 6.07) is 12.6. The number of imide groups is 1. The molecule has 2 aromatic carbocycles. The Hall–Kier alpha value is -2.97. The van der Waals surface area contributed by atoms with Crippen LogP contribution in [0.25, 0.3) is 6.08 Å². The van der Waals surface area contributed by atoms with Crippen molar-refractivity contribution in [1.29, 1.82) is 0 Å². The Morgan fingerprint density at radius 3 is 2.59 bits per heavy atom. The highest BCUT2D eigenvalue weighted by molar-refractivity contribution is 8.18. The molecule has 1 saturated heterocycles. The second-order valence-electron chi connectivity index (χ2n) is 7.86. The molecule has 0 aromatic heterocycles. The Labute approximate surface area is 208 Å². The molecule has 9 heteroatoms. The topological polar surface area (TPSA) is 82.1 Å². The van der Waals surface area contributed by atoms with Crippen molar-refractivity contribution in [2.24, 2.45) is 5.92 Å². The lowest BCUT2D eigenvalue weighted by molar-refractivity contribution is -0.147. The zero-order valence-electron chi connectivity index (χ0n) is 19.2. The molecule has 7 nitrogen and oxygen atoms in total. The van der Waals surface area contributed by atoms with Gasteiger partial charge in [-0.25, -0.2) is 0 Å². The van der Waals surface area contributed by atoms with Gasteiger partial charge < -0.3 is 14.2 Å². The van der Waals surface area contributed by atoms with Gasteiger partial charge in [0, 0.05) is 10.6 Å². The summed E-state index contributed by atoms with van der Waals surface area (Å²) < 4.78 is 16.7. The van der Waals surface area contributed by atoms with Gasteiger partial charge in [-0.3, -0.25) is 19.3 Å². The van der Waals surface area contributed by atoms with Gasteiger partial charge in [0.2, 0.25) is 0 Å². The lowest BCUT2D eigenvalue weighted by atomic mass is 10.1. The van der Waals surface area contributed by atoms with E-state index in [4.69, 9.17) is 25.8 Å². The monoisotopic (exact) mass is 503 g/mol. The molecule has 0 bridgehead atoms. The Morgan fingerprint density at radius 1 is 1.12 bits per heavy atom. The number of nitrogens with zero attached hydrogens (tertiary/aromatic N) is 1. The fourth-order valence-electron chi connectivity index (χ4n) is 2.99. The molecular weight excluding hydrogens is 478 g/mol. The van der Waals surface area contributed by atoms with E-state index in [1.165, 1.54) is 0 Å². The molecule has 0 unspecified atom stereocenters. The minimum absolute atomic E-state index is 0.162. The van der Waals surface area contributed by atoms with Crippen LogP contribution in [0.3, 0.4) is 0 Å². The van der Waals surface area contributed by atoms with Gasteiger partial charge in [0.25, 0.3) is 11.1 Å². The van der Waals surface area contributed by atoms with Crippen LogP contribution in [0.4, 0.5) is 4.79 Å². The van der Waals surface area contributed by atoms with Gasteiger partial charge >= 0.3 is 5.97 Å². The number of carbonyl (C=O) groups is 3. The lowest BCUT2D eigenvalue weighted by Gasteiger charge is -2.13. The quantitative estimate of drug-likeness (QED) is 0.310. The molecule has 0 spiro atoms. The fourth-order valence-corrected chi connectivity index (χ4v) is 4.02. The third kappa shape index (κ3) is 6.77. The number of carbonyl (C=O) groups excluding carboxylic acids is 3.